The average molecular weight is 365 g/mol. The van der Waals surface area contributed by atoms with Gasteiger partial charge in [-0.25, -0.2) is 5.01 Å². The van der Waals surface area contributed by atoms with E-state index in [2.05, 4.69) is 10.4 Å². The Morgan fingerprint density at radius 2 is 1.74 bits per heavy atom. The number of benzene rings is 2. The summed E-state index contributed by atoms with van der Waals surface area (Å²) >= 11 is 0. The molecule has 0 saturated carbocycles. The van der Waals surface area contributed by atoms with E-state index in [0.29, 0.717) is 38.3 Å². The standard InChI is InChI=1S/C21H23N3O3/c1-24-20(25)11-10-19(23-24)21(26)22-13-17-8-5-9-18(12-17)15-27-14-16-6-3-2-4-7-16/h2-9,12H,10-11,13-15H2,1H3,(H,22,26). The molecule has 1 aliphatic rings. The molecule has 0 aliphatic carbocycles. The van der Waals surface area contributed by atoms with Gasteiger partial charge in [0, 0.05) is 26.4 Å². The van der Waals surface area contributed by atoms with Gasteiger partial charge in [0.15, 0.2) is 0 Å². The number of hydrogen-bond acceptors (Lipinski definition) is 4. The summed E-state index contributed by atoms with van der Waals surface area (Å²) in [5, 5.41) is 8.12. The van der Waals surface area contributed by atoms with Gasteiger partial charge >= 0.3 is 0 Å². The second-order valence-electron chi connectivity index (χ2n) is 6.45. The van der Waals surface area contributed by atoms with Crippen molar-refractivity contribution in [3.63, 3.8) is 0 Å². The fourth-order valence-electron chi connectivity index (χ4n) is 2.81. The van der Waals surface area contributed by atoms with Gasteiger partial charge < -0.3 is 10.1 Å². The minimum Gasteiger partial charge on any atom is -0.372 e. The normalized spacial score (nSPS) is 14.0. The van der Waals surface area contributed by atoms with Crippen molar-refractivity contribution in [2.45, 2.75) is 32.6 Å². The highest BCUT2D eigenvalue weighted by Crippen LogP contribution is 2.10. The quantitative estimate of drug-likeness (QED) is 0.820. The van der Waals surface area contributed by atoms with Crippen LogP contribution in [0.15, 0.2) is 59.7 Å². The predicted molar refractivity (Wildman–Crippen MR) is 103 cm³/mol. The number of hydrazone groups is 1. The molecule has 27 heavy (non-hydrogen) atoms. The predicted octanol–water partition coefficient (Wildman–Crippen LogP) is 2.63. The van der Waals surface area contributed by atoms with E-state index in [4.69, 9.17) is 4.74 Å². The van der Waals surface area contributed by atoms with Gasteiger partial charge in [-0.3, -0.25) is 9.59 Å². The van der Waals surface area contributed by atoms with Crippen LogP contribution in [0, 0.1) is 0 Å². The highest BCUT2D eigenvalue weighted by Gasteiger charge is 2.21. The van der Waals surface area contributed by atoms with E-state index in [-0.39, 0.29) is 11.8 Å². The molecule has 6 heteroatoms. The van der Waals surface area contributed by atoms with Gasteiger partial charge in [0.1, 0.15) is 5.71 Å². The molecule has 0 fully saturated rings. The first kappa shape index (κ1) is 18.8. The van der Waals surface area contributed by atoms with Crippen LogP contribution in [0.25, 0.3) is 0 Å². The molecule has 1 aliphatic heterocycles. The molecule has 3 rings (SSSR count). The molecule has 2 aromatic carbocycles. The molecular formula is C21H23N3O3. The monoisotopic (exact) mass is 365 g/mol. The number of rotatable bonds is 7. The van der Waals surface area contributed by atoms with E-state index in [9.17, 15) is 9.59 Å². The van der Waals surface area contributed by atoms with Crippen LogP contribution in [-0.2, 0) is 34.1 Å². The SMILES string of the molecule is CN1N=C(C(=O)NCc2cccc(COCc3ccccc3)c2)CCC1=O. The van der Waals surface area contributed by atoms with Gasteiger partial charge in [-0.15, -0.1) is 0 Å². The zero-order valence-corrected chi connectivity index (χ0v) is 15.4. The lowest BCUT2D eigenvalue weighted by molar-refractivity contribution is -0.130. The molecular weight excluding hydrogens is 342 g/mol. The number of nitrogens with one attached hydrogen (secondary N) is 1. The van der Waals surface area contributed by atoms with Gasteiger partial charge in [-0.05, 0) is 16.7 Å². The zero-order chi connectivity index (χ0) is 19.1. The van der Waals surface area contributed by atoms with Crippen molar-refractivity contribution in [3.8, 4) is 0 Å². The Bertz CT molecular complexity index is 834. The molecule has 0 bridgehead atoms. The van der Waals surface area contributed by atoms with Crippen LogP contribution in [0.2, 0.25) is 0 Å². The molecule has 2 aromatic rings. The van der Waals surface area contributed by atoms with E-state index in [1.54, 1.807) is 7.05 Å². The third-order valence-electron chi connectivity index (χ3n) is 4.29. The van der Waals surface area contributed by atoms with E-state index in [1.165, 1.54) is 5.01 Å². The van der Waals surface area contributed by atoms with Gasteiger partial charge in [-0.2, -0.15) is 5.10 Å². The maximum absolute atomic E-state index is 12.2. The van der Waals surface area contributed by atoms with Crippen molar-refractivity contribution in [2.24, 2.45) is 5.10 Å². The summed E-state index contributed by atoms with van der Waals surface area (Å²) < 4.78 is 5.76. The largest absolute Gasteiger partial charge is 0.372 e. The van der Waals surface area contributed by atoms with Crippen molar-refractivity contribution in [1.82, 2.24) is 10.3 Å². The number of nitrogens with zero attached hydrogens (tertiary/aromatic N) is 2. The molecule has 1 N–H and O–H groups in total. The summed E-state index contributed by atoms with van der Waals surface area (Å²) in [5.41, 5.74) is 3.57. The average Bonchev–Trinajstić information content (AvgIpc) is 2.69. The Hall–Kier alpha value is -2.99. The molecule has 0 radical (unpaired) electrons. The molecule has 0 spiro atoms. The summed E-state index contributed by atoms with van der Waals surface area (Å²) in [6.07, 6.45) is 0.694. The second kappa shape index (κ2) is 9.09. The molecule has 2 amide bonds. The molecule has 0 aromatic heterocycles. The third-order valence-corrected chi connectivity index (χ3v) is 4.29. The van der Waals surface area contributed by atoms with E-state index < -0.39 is 0 Å². The van der Waals surface area contributed by atoms with Crippen LogP contribution >= 0.6 is 0 Å². The van der Waals surface area contributed by atoms with Crippen LogP contribution < -0.4 is 5.32 Å². The van der Waals surface area contributed by atoms with Crippen LogP contribution in [0.5, 0.6) is 0 Å². The first-order valence-electron chi connectivity index (χ1n) is 8.93. The van der Waals surface area contributed by atoms with Gasteiger partial charge in [0.2, 0.25) is 5.91 Å². The lowest BCUT2D eigenvalue weighted by atomic mass is 10.1. The molecule has 0 unspecified atom stereocenters. The van der Waals surface area contributed by atoms with Gasteiger partial charge in [-0.1, -0.05) is 54.6 Å². The summed E-state index contributed by atoms with van der Waals surface area (Å²) in [5.74, 6) is -0.310. The number of carbonyl (C=O) groups is 2. The highest BCUT2D eigenvalue weighted by molar-refractivity contribution is 6.39. The minimum absolute atomic E-state index is 0.0743. The Labute approximate surface area is 158 Å². The van der Waals surface area contributed by atoms with Crippen LogP contribution in [-0.4, -0.2) is 29.6 Å². The Morgan fingerprint density at radius 3 is 2.52 bits per heavy atom. The first-order valence-corrected chi connectivity index (χ1v) is 8.93. The number of hydrogen-bond donors (Lipinski definition) is 1. The molecule has 0 atom stereocenters. The van der Waals surface area contributed by atoms with E-state index in [0.717, 1.165) is 16.7 Å². The fraction of sp³-hybridized carbons (Fsp3) is 0.286. The van der Waals surface area contributed by atoms with E-state index in [1.807, 2.05) is 54.6 Å². The fourth-order valence-corrected chi connectivity index (χ4v) is 2.81. The number of amides is 2. The molecule has 140 valence electrons. The topological polar surface area (TPSA) is 71.0 Å². The number of ether oxygens (including phenoxy) is 1. The molecule has 1 heterocycles. The minimum atomic E-state index is -0.236. The van der Waals surface area contributed by atoms with E-state index >= 15 is 0 Å². The van der Waals surface area contributed by atoms with Crippen LogP contribution in [0.3, 0.4) is 0 Å². The molecule has 6 nitrogen and oxygen atoms in total. The van der Waals surface area contributed by atoms with Gasteiger partial charge in [0.25, 0.3) is 5.91 Å². The Morgan fingerprint density at radius 1 is 1.04 bits per heavy atom. The van der Waals surface area contributed by atoms with Crippen LogP contribution in [0.1, 0.15) is 29.5 Å². The maximum atomic E-state index is 12.2. The van der Waals surface area contributed by atoms with Crippen molar-refractivity contribution in [1.29, 1.82) is 0 Å². The van der Waals surface area contributed by atoms with Gasteiger partial charge in [0.05, 0.1) is 13.2 Å². The first-order chi connectivity index (χ1) is 13.1. The lowest BCUT2D eigenvalue weighted by Crippen LogP contribution is -2.37. The van der Waals surface area contributed by atoms with Crippen LogP contribution in [0.4, 0.5) is 0 Å². The lowest BCUT2D eigenvalue weighted by Gasteiger charge is -2.19. The van der Waals surface area contributed by atoms with Crippen molar-refractivity contribution in [2.75, 3.05) is 7.05 Å². The summed E-state index contributed by atoms with van der Waals surface area (Å²) in [7, 11) is 1.56. The Balaban J connectivity index is 1.49. The smallest absolute Gasteiger partial charge is 0.267 e. The maximum Gasteiger partial charge on any atom is 0.267 e. The second-order valence-corrected chi connectivity index (χ2v) is 6.45. The summed E-state index contributed by atoms with van der Waals surface area (Å²) in [6.45, 7) is 1.48. The highest BCUT2D eigenvalue weighted by atomic mass is 16.5. The van der Waals surface area contributed by atoms with Crippen molar-refractivity contribution >= 4 is 17.5 Å². The zero-order valence-electron chi connectivity index (χ0n) is 15.4. The van der Waals surface area contributed by atoms with Crippen molar-refractivity contribution < 1.29 is 14.3 Å². The Kier molecular flexibility index (Phi) is 6.33. The summed E-state index contributed by atoms with van der Waals surface area (Å²) in [4.78, 5) is 23.7. The summed E-state index contributed by atoms with van der Waals surface area (Å²) in [6, 6.07) is 18.0. The molecule has 0 saturated heterocycles. The van der Waals surface area contributed by atoms with Crippen molar-refractivity contribution in [3.05, 3.63) is 71.3 Å². The number of carbonyl (C=O) groups excluding carboxylic acids is 2. The third kappa shape index (κ3) is 5.49.